The molecule has 146 valence electrons. The van der Waals surface area contributed by atoms with Crippen LogP contribution in [0.3, 0.4) is 0 Å². The van der Waals surface area contributed by atoms with Gasteiger partial charge in [0.05, 0.1) is 13.7 Å². The number of ether oxygens (including phenoxy) is 1. The van der Waals surface area contributed by atoms with Gasteiger partial charge in [-0.1, -0.05) is 25.7 Å². The van der Waals surface area contributed by atoms with Gasteiger partial charge in [-0.2, -0.15) is 0 Å². The molecule has 1 saturated heterocycles. The molecule has 1 aliphatic heterocycles. The third-order valence-electron chi connectivity index (χ3n) is 6.28. The van der Waals surface area contributed by atoms with Crippen molar-refractivity contribution in [1.82, 2.24) is 15.5 Å². The Bertz CT molecular complexity index is 533. The predicted molar refractivity (Wildman–Crippen MR) is 96.4 cm³/mol. The quantitative estimate of drug-likeness (QED) is 0.728. The lowest BCUT2D eigenvalue weighted by Gasteiger charge is -2.33. The molecule has 2 N–H and O–H groups in total. The van der Waals surface area contributed by atoms with E-state index in [2.05, 4.69) is 10.6 Å². The van der Waals surface area contributed by atoms with Crippen LogP contribution < -0.4 is 10.6 Å². The average molecular weight is 365 g/mol. The fourth-order valence-corrected chi connectivity index (χ4v) is 4.93. The van der Waals surface area contributed by atoms with Crippen LogP contribution in [0.1, 0.15) is 57.8 Å². The Hall–Kier alpha value is -1.79. The van der Waals surface area contributed by atoms with Crippen LogP contribution in [0.4, 0.5) is 4.79 Å². The van der Waals surface area contributed by atoms with Crippen molar-refractivity contribution in [3.63, 3.8) is 0 Å². The Labute approximate surface area is 155 Å². The SMILES string of the molecule is COC(=O)[C@@H]1C[C@@H]2CCCC[C@H]2N1C(=O)CNC(=O)NCC1CCCC1. The first-order valence-electron chi connectivity index (χ1n) is 10.0. The summed E-state index contributed by atoms with van der Waals surface area (Å²) in [6.07, 6.45) is 9.69. The van der Waals surface area contributed by atoms with Crippen LogP contribution in [0, 0.1) is 11.8 Å². The second-order valence-electron chi connectivity index (χ2n) is 7.90. The molecule has 0 aromatic carbocycles. The minimum Gasteiger partial charge on any atom is -0.467 e. The first-order valence-corrected chi connectivity index (χ1v) is 10.0. The second-order valence-corrected chi connectivity index (χ2v) is 7.90. The van der Waals surface area contributed by atoms with E-state index in [9.17, 15) is 14.4 Å². The van der Waals surface area contributed by atoms with Gasteiger partial charge in [0.2, 0.25) is 5.91 Å². The Morgan fingerprint density at radius 2 is 1.69 bits per heavy atom. The zero-order chi connectivity index (χ0) is 18.5. The lowest BCUT2D eigenvalue weighted by molar-refractivity contribution is -0.152. The Morgan fingerprint density at radius 1 is 1.00 bits per heavy atom. The van der Waals surface area contributed by atoms with Crippen molar-refractivity contribution >= 4 is 17.9 Å². The van der Waals surface area contributed by atoms with Crippen LogP contribution in [0.2, 0.25) is 0 Å². The number of rotatable bonds is 5. The molecule has 0 aromatic rings. The molecular weight excluding hydrogens is 334 g/mol. The summed E-state index contributed by atoms with van der Waals surface area (Å²) in [6, 6.07) is -0.716. The third-order valence-corrected chi connectivity index (χ3v) is 6.28. The molecule has 3 amide bonds. The number of amides is 3. The summed E-state index contributed by atoms with van der Waals surface area (Å²) in [4.78, 5) is 38.6. The summed E-state index contributed by atoms with van der Waals surface area (Å²) in [7, 11) is 1.36. The largest absolute Gasteiger partial charge is 0.467 e. The minimum atomic E-state index is -0.510. The lowest BCUT2D eigenvalue weighted by Crippen LogP contribution is -2.51. The van der Waals surface area contributed by atoms with Crippen LogP contribution in [-0.2, 0) is 14.3 Å². The molecule has 7 heteroatoms. The zero-order valence-corrected chi connectivity index (χ0v) is 15.7. The van der Waals surface area contributed by atoms with Crippen LogP contribution >= 0.6 is 0 Å². The highest BCUT2D eigenvalue weighted by Crippen LogP contribution is 2.40. The van der Waals surface area contributed by atoms with Crippen LogP contribution in [0.15, 0.2) is 0 Å². The van der Waals surface area contributed by atoms with E-state index in [1.165, 1.54) is 20.0 Å². The lowest BCUT2D eigenvalue weighted by atomic mass is 9.85. The van der Waals surface area contributed by atoms with Crippen LogP contribution in [0.25, 0.3) is 0 Å². The van der Waals surface area contributed by atoms with E-state index in [4.69, 9.17) is 4.74 Å². The van der Waals surface area contributed by atoms with Crippen molar-refractivity contribution < 1.29 is 19.1 Å². The standard InChI is InChI=1S/C19H31N3O4/c1-26-18(24)16-10-14-8-4-5-9-15(14)22(16)17(23)12-21-19(25)20-11-13-6-2-3-7-13/h13-16H,2-12H2,1H3,(H2,20,21,25)/t14-,15+,16-/m0/s1. The third kappa shape index (κ3) is 4.30. The number of fused-ring (bicyclic) bond motifs is 1. The van der Waals surface area contributed by atoms with Gasteiger partial charge in [0.1, 0.15) is 6.04 Å². The van der Waals surface area contributed by atoms with Crippen LogP contribution in [0.5, 0.6) is 0 Å². The van der Waals surface area contributed by atoms with Gasteiger partial charge in [-0.3, -0.25) is 4.79 Å². The smallest absolute Gasteiger partial charge is 0.328 e. The van der Waals surface area contributed by atoms with Crippen molar-refractivity contribution in [1.29, 1.82) is 0 Å². The molecule has 0 radical (unpaired) electrons. The first kappa shape index (κ1) is 19.0. The number of hydrogen-bond acceptors (Lipinski definition) is 4. The molecule has 0 unspecified atom stereocenters. The summed E-state index contributed by atoms with van der Waals surface area (Å²) in [5.41, 5.74) is 0. The first-order chi connectivity index (χ1) is 12.6. The van der Waals surface area contributed by atoms with Gasteiger partial charge in [0.15, 0.2) is 0 Å². The predicted octanol–water partition coefficient (Wildman–Crippen LogP) is 1.81. The Morgan fingerprint density at radius 3 is 2.42 bits per heavy atom. The number of methoxy groups -OCH3 is 1. The van der Waals surface area contributed by atoms with Crippen molar-refractivity contribution in [2.45, 2.75) is 69.9 Å². The van der Waals surface area contributed by atoms with Crippen molar-refractivity contribution in [2.75, 3.05) is 20.2 Å². The summed E-state index contributed by atoms with van der Waals surface area (Å²) in [5, 5.41) is 5.52. The number of nitrogens with one attached hydrogen (secondary N) is 2. The molecule has 2 aliphatic carbocycles. The molecule has 3 atom stereocenters. The van der Waals surface area contributed by atoms with E-state index in [-0.39, 0.29) is 30.5 Å². The number of nitrogens with zero attached hydrogens (tertiary/aromatic N) is 1. The summed E-state index contributed by atoms with van der Waals surface area (Å²) < 4.78 is 4.91. The van der Waals surface area contributed by atoms with Gasteiger partial charge in [0, 0.05) is 12.6 Å². The summed E-state index contributed by atoms with van der Waals surface area (Å²) in [5.74, 6) is 0.388. The number of urea groups is 1. The van der Waals surface area contributed by atoms with E-state index in [1.54, 1.807) is 4.90 Å². The van der Waals surface area contributed by atoms with E-state index >= 15 is 0 Å². The van der Waals surface area contributed by atoms with Gasteiger partial charge in [-0.05, 0) is 43.9 Å². The number of carbonyl (C=O) groups excluding carboxylic acids is 3. The minimum absolute atomic E-state index is 0.0762. The molecule has 0 aromatic heterocycles. The number of esters is 1. The van der Waals surface area contributed by atoms with Crippen molar-refractivity contribution in [3.8, 4) is 0 Å². The van der Waals surface area contributed by atoms with Gasteiger partial charge >= 0.3 is 12.0 Å². The van der Waals surface area contributed by atoms with E-state index in [1.807, 2.05) is 0 Å². The number of carbonyl (C=O) groups is 3. The Kier molecular flexibility index (Phi) is 6.38. The molecule has 7 nitrogen and oxygen atoms in total. The van der Waals surface area contributed by atoms with Crippen LogP contribution in [-0.4, -0.2) is 55.1 Å². The maximum atomic E-state index is 12.8. The topological polar surface area (TPSA) is 87.7 Å². The molecule has 2 saturated carbocycles. The number of hydrogen-bond donors (Lipinski definition) is 2. The monoisotopic (exact) mass is 365 g/mol. The summed E-state index contributed by atoms with van der Waals surface area (Å²) >= 11 is 0. The fraction of sp³-hybridized carbons (Fsp3) is 0.842. The van der Waals surface area contributed by atoms with Gasteiger partial charge in [-0.25, -0.2) is 9.59 Å². The van der Waals surface area contributed by atoms with E-state index < -0.39 is 6.04 Å². The van der Waals surface area contributed by atoms with Gasteiger partial charge < -0.3 is 20.3 Å². The molecule has 3 aliphatic rings. The molecule has 1 heterocycles. The molecule has 3 fully saturated rings. The van der Waals surface area contributed by atoms with Gasteiger partial charge in [-0.15, -0.1) is 0 Å². The normalized spacial score (nSPS) is 28.5. The van der Waals surface area contributed by atoms with Crippen molar-refractivity contribution in [2.24, 2.45) is 11.8 Å². The maximum Gasteiger partial charge on any atom is 0.328 e. The van der Waals surface area contributed by atoms with E-state index in [0.29, 0.717) is 24.8 Å². The average Bonchev–Trinajstić information content (AvgIpc) is 3.31. The second kappa shape index (κ2) is 8.73. The highest BCUT2D eigenvalue weighted by atomic mass is 16.5. The van der Waals surface area contributed by atoms with Gasteiger partial charge in [0.25, 0.3) is 0 Å². The molecule has 26 heavy (non-hydrogen) atoms. The number of likely N-dealkylation sites (tertiary alicyclic amines) is 1. The fourth-order valence-electron chi connectivity index (χ4n) is 4.93. The van der Waals surface area contributed by atoms with Crippen molar-refractivity contribution in [3.05, 3.63) is 0 Å². The zero-order valence-electron chi connectivity index (χ0n) is 15.7. The molecule has 0 bridgehead atoms. The molecular formula is C19H31N3O4. The molecule has 3 rings (SSSR count). The highest BCUT2D eigenvalue weighted by Gasteiger charge is 2.47. The maximum absolute atomic E-state index is 12.8. The highest BCUT2D eigenvalue weighted by molar-refractivity contribution is 5.89. The molecule has 0 spiro atoms. The van der Waals surface area contributed by atoms with E-state index in [0.717, 1.165) is 38.5 Å². The Balaban J connectivity index is 1.52. The summed E-state index contributed by atoms with van der Waals surface area (Å²) in [6.45, 7) is 0.590.